The third kappa shape index (κ3) is 2.72. The lowest BCUT2D eigenvalue weighted by atomic mass is 10.1. The molecule has 0 saturated carbocycles. The number of hydrogen-bond acceptors (Lipinski definition) is 6. The molecule has 0 radical (unpaired) electrons. The summed E-state index contributed by atoms with van der Waals surface area (Å²) in [7, 11) is 1.56. The molecule has 1 atom stereocenters. The number of carbonyl (C=O) groups is 1. The van der Waals surface area contributed by atoms with Gasteiger partial charge in [-0.2, -0.15) is 5.10 Å². The van der Waals surface area contributed by atoms with Crippen molar-refractivity contribution in [3.05, 3.63) is 57.7 Å². The zero-order chi connectivity index (χ0) is 19.3. The molecule has 1 fully saturated rings. The Morgan fingerprint density at radius 2 is 2.07 bits per heavy atom. The maximum Gasteiger partial charge on any atom is 0.275 e. The van der Waals surface area contributed by atoms with E-state index in [4.69, 9.17) is 9.15 Å². The van der Waals surface area contributed by atoms with Gasteiger partial charge in [-0.05, 0) is 12.5 Å². The molecule has 8 heteroatoms. The minimum absolute atomic E-state index is 0.198. The minimum atomic E-state index is -0.215. The van der Waals surface area contributed by atoms with Gasteiger partial charge < -0.3 is 14.1 Å². The fraction of sp³-hybridized carbons (Fsp3) is 0.400. The lowest BCUT2D eigenvalue weighted by Crippen LogP contribution is -2.37. The van der Waals surface area contributed by atoms with E-state index < -0.39 is 0 Å². The normalized spacial score (nSPS) is 19.2. The van der Waals surface area contributed by atoms with Gasteiger partial charge in [-0.3, -0.25) is 9.59 Å². The standard InChI is InChI=1S/C20H20N4O4/c1-23-19(25)14-5-3-2-4-13(14)17(22-23)20(26)24-8-6-16-15(10-24)21-18(28-16)12-7-9-27-11-12/h2-5,12H,6-11H2,1H3. The Labute approximate surface area is 160 Å². The van der Waals surface area contributed by atoms with Gasteiger partial charge in [0.1, 0.15) is 11.5 Å². The van der Waals surface area contributed by atoms with Gasteiger partial charge in [0.2, 0.25) is 0 Å². The SMILES string of the molecule is Cn1nc(C(=O)N2CCc3oc(C4CCOC4)nc3C2)c2ccccc2c1=O. The van der Waals surface area contributed by atoms with Gasteiger partial charge in [0.15, 0.2) is 11.6 Å². The summed E-state index contributed by atoms with van der Waals surface area (Å²) in [5.74, 6) is 1.56. The summed E-state index contributed by atoms with van der Waals surface area (Å²) in [6.07, 6.45) is 1.53. The van der Waals surface area contributed by atoms with Crippen LogP contribution in [0, 0.1) is 0 Å². The average molecular weight is 380 g/mol. The molecule has 28 heavy (non-hydrogen) atoms. The number of aromatic nitrogens is 3. The van der Waals surface area contributed by atoms with Crippen LogP contribution in [0.15, 0.2) is 33.5 Å². The van der Waals surface area contributed by atoms with Crippen LogP contribution in [0.2, 0.25) is 0 Å². The Kier molecular flexibility index (Phi) is 4.01. The second kappa shape index (κ2) is 6.56. The lowest BCUT2D eigenvalue weighted by Gasteiger charge is -2.25. The van der Waals surface area contributed by atoms with Gasteiger partial charge in [0, 0.05) is 32.0 Å². The molecule has 3 aromatic rings. The van der Waals surface area contributed by atoms with E-state index >= 15 is 0 Å². The zero-order valence-electron chi connectivity index (χ0n) is 15.6. The topological polar surface area (TPSA) is 90.5 Å². The molecular formula is C20H20N4O4. The Hall–Kier alpha value is -3.00. The highest BCUT2D eigenvalue weighted by Gasteiger charge is 2.31. The van der Waals surface area contributed by atoms with E-state index in [1.54, 1.807) is 30.1 Å². The highest BCUT2D eigenvalue weighted by Crippen LogP contribution is 2.29. The highest BCUT2D eigenvalue weighted by molar-refractivity contribution is 6.04. The van der Waals surface area contributed by atoms with Gasteiger partial charge in [-0.25, -0.2) is 9.67 Å². The number of nitrogens with zero attached hydrogens (tertiary/aromatic N) is 4. The Morgan fingerprint density at radius 1 is 1.25 bits per heavy atom. The third-order valence-electron chi connectivity index (χ3n) is 5.47. The van der Waals surface area contributed by atoms with Crippen LogP contribution < -0.4 is 5.56 Å². The molecule has 0 N–H and O–H groups in total. The van der Waals surface area contributed by atoms with Gasteiger partial charge in [0.05, 0.1) is 24.5 Å². The predicted molar refractivity (Wildman–Crippen MR) is 100 cm³/mol. The van der Waals surface area contributed by atoms with Gasteiger partial charge in [-0.15, -0.1) is 0 Å². The summed E-state index contributed by atoms with van der Waals surface area (Å²) in [6.45, 7) is 2.27. The zero-order valence-corrected chi connectivity index (χ0v) is 15.6. The molecule has 1 saturated heterocycles. The van der Waals surface area contributed by atoms with Crippen LogP contribution >= 0.6 is 0 Å². The van der Waals surface area contributed by atoms with E-state index in [1.165, 1.54) is 4.68 Å². The van der Waals surface area contributed by atoms with Gasteiger partial charge >= 0.3 is 0 Å². The van der Waals surface area contributed by atoms with E-state index in [0.717, 1.165) is 24.5 Å². The van der Waals surface area contributed by atoms with E-state index in [-0.39, 0.29) is 23.1 Å². The number of aryl methyl sites for hydroxylation is 1. The van der Waals surface area contributed by atoms with E-state index in [9.17, 15) is 9.59 Å². The first kappa shape index (κ1) is 17.1. The Morgan fingerprint density at radius 3 is 2.86 bits per heavy atom. The van der Waals surface area contributed by atoms with E-state index in [0.29, 0.717) is 42.8 Å². The number of carbonyl (C=O) groups excluding carboxylic acids is 1. The molecule has 1 aromatic carbocycles. The number of ether oxygens (including phenoxy) is 1. The molecule has 8 nitrogen and oxygen atoms in total. The quantitative estimate of drug-likeness (QED) is 0.671. The summed E-state index contributed by atoms with van der Waals surface area (Å²) in [5, 5.41) is 5.32. The minimum Gasteiger partial charge on any atom is -0.445 e. The van der Waals surface area contributed by atoms with Crippen molar-refractivity contribution in [3.8, 4) is 0 Å². The molecule has 2 aliphatic rings. The molecule has 0 bridgehead atoms. The molecule has 0 spiro atoms. The van der Waals surface area contributed by atoms with Crippen LogP contribution in [0.4, 0.5) is 0 Å². The highest BCUT2D eigenvalue weighted by atomic mass is 16.5. The lowest BCUT2D eigenvalue weighted by molar-refractivity contribution is 0.0721. The van der Waals surface area contributed by atoms with Crippen molar-refractivity contribution < 1.29 is 13.9 Å². The van der Waals surface area contributed by atoms with Crippen LogP contribution in [0.25, 0.3) is 10.8 Å². The number of benzene rings is 1. The van der Waals surface area contributed by atoms with E-state index in [2.05, 4.69) is 10.1 Å². The summed E-state index contributed by atoms with van der Waals surface area (Å²) in [5.41, 5.74) is 0.873. The first-order valence-electron chi connectivity index (χ1n) is 9.43. The van der Waals surface area contributed by atoms with Gasteiger partial charge in [0.25, 0.3) is 11.5 Å². The fourth-order valence-electron chi connectivity index (χ4n) is 3.90. The number of rotatable bonds is 2. The molecule has 2 aliphatic heterocycles. The van der Waals surface area contributed by atoms with E-state index in [1.807, 2.05) is 6.07 Å². The van der Waals surface area contributed by atoms with Crippen molar-refractivity contribution in [3.63, 3.8) is 0 Å². The number of amides is 1. The molecular weight excluding hydrogens is 360 g/mol. The van der Waals surface area contributed by atoms with Crippen LogP contribution in [-0.2, 0) is 24.8 Å². The monoisotopic (exact) mass is 380 g/mol. The molecule has 4 heterocycles. The number of oxazole rings is 1. The predicted octanol–water partition coefficient (Wildman–Crippen LogP) is 1.62. The van der Waals surface area contributed by atoms with Crippen molar-refractivity contribution >= 4 is 16.7 Å². The molecule has 1 amide bonds. The average Bonchev–Trinajstić information content (AvgIpc) is 3.39. The first-order valence-corrected chi connectivity index (χ1v) is 9.43. The van der Waals surface area contributed by atoms with Crippen molar-refractivity contribution in [1.29, 1.82) is 0 Å². The van der Waals surface area contributed by atoms with Crippen molar-refractivity contribution in [2.45, 2.75) is 25.3 Å². The van der Waals surface area contributed by atoms with Crippen LogP contribution in [0.5, 0.6) is 0 Å². The Bertz CT molecular complexity index is 1130. The summed E-state index contributed by atoms with van der Waals surface area (Å²) < 4.78 is 12.6. The Balaban J connectivity index is 1.47. The van der Waals surface area contributed by atoms with Crippen LogP contribution in [-0.4, -0.2) is 45.3 Å². The summed E-state index contributed by atoms with van der Waals surface area (Å²) in [6, 6.07) is 7.08. The summed E-state index contributed by atoms with van der Waals surface area (Å²) in [4.78, 5) is 31.9. The second-order valence-corrected chi connectivity index (χ2v) is 7.28. The van der Waals surface area contributed by atoms with Crippen LogP contribution in [0.3, 0.4) is 0 Å². The molecule has 2 aromatic heterocycles. The molecule has 1 unspecified atom stereocenters. The number of hydrogen-bond donors (Lipinski definition) is 0. The molecule has 144 valence electrons. The second-order valence-electron chi connectivity index (χ2n) is 7.28. The van der Waals surface area contributed by atoms with Crippen molar-refractivity contribution in [2.24, 2.45) is 7.05 Å². The maximum atomic E-state index is 13.2. The van der Waals surface area contributed by atoms with Crippen molar-refractivity contribution in [1.82, 2.24) is 19.7 Å². The number of fused-ring (bicyclic) bond motifs is 2. The molecule has 0 aliphatic carbocycles. The molecule has 5 rings (SSSR count). The third-order valence-corrected chi connectivity index (χ3v) is 5.47. The summed E-state index contributed by atoms with van der Waals surface area (Å²) >= 11 is 0. The smallest absolute Gasteiger partial charge is 0.275 e. The van der Waals surface area contributed by atoms with Crippen molar-refractivity contribution in [2.75, 3.05) is 19.8 Å². The maximum absolute atomic E-state index is 13.2. The van der Waals surface area contributed by atoms with Crippen LogP contribution in [0.1, 0.15) is 40.2 Å². The largest absolute Gasteiger partial charge is 0.445 e. The van der Waals surface area contributed by atoms with Gasteiger partial charge in [-0.1, -0.05) is 18.2 Å². The fourth-order valence-corrected chi connectivity index (χ4v) is 3.90. The first-order chi connectivity index (χ1) is 13.6.